The molecule has 5 nitrogen and oxygen atoms in total. The number of rotatable bonds is 5. The molecule has 18 heavy (non-hydrogen) atoms. The summed E-state index contributed by atoms with van der Waals surface area (Å²) in [6.45, 7) is 2.00. The van der Waals surface area contributed by atoms with Crippen LogP contribution in [0.3, 0.4) is 0 Å². The van der Waals surface area contributed by atoms with Gasteiger partial charge in [-0.25, -0.2) is 0 Å². The lowest BCUT2D eigenvalue weighted by Gasteiger charge is -2.12. The van der Waals surface area contributed by atoms with Gasteiger partial charge < -0.3 is 20.3 Å². The van der Waals surface area contributed by atoms with Crippen LogP contribution in [0.15, 0.2) is 12.1 Å². The maximum absolute atomic E-state index is 11.4. The van der Waals surface area contributed by atoms with Crippen molar-refractivity contribution >= 4 is 17.6 Å². The number of carbonyl (C=O) groups is 1. The molecular formula is C12H16ClNO4. The van der Waals surface area contributed by atoms with E-state index < -0.39 is 12.0 Å². The predicted octanol–water partition coefficient (Wildman–Crippen LogP) is 1.49. The van der Waals surface area contributed by atoms with Gasteiger partial charge in [0.15, 0.2) is 11.5 Å². The van der Waals surface area contributed by atoms with Gasteiger partial charge in [-0.3, -0.25) is 4.79 Å². The molecule has 1 unspecified atom stereocenters. The number of halogens is 1. The van der Waals surface area contributed by atoms with Crippen molar-refractivity contribution in [1.29, 1.82) is 0 Å². The number of nitrogens with two attached hydrogens (primary N) is 1. The molecule has 6 heteroatoms. The normalized spacial score (nSPS) is 12.0. The van der Waals surface area contributed by atoms with Crippen molar-refractivity contribution in [1.82, 2.24) is 0 Å². The van der Waals surface area contributed by atoms with Crippen molar-refractivity contribution in [3.63, 3.8) is 0 Å². The third-order valence-electron chi connectivity index (χ3n) is 2.35. The summed E-state index contributed by atoms with van der Waals surface area (Å²) in [5.41, 5.74) is 6.38. The fourth-order valence-corrected chi connectivity index (χ4v) is 1.72. The number of hydrogen-bond donors (Lipinski definition) is 2. The Labute approximate surface area is 110 Å². The van der Waals surface area contributed by atoms with E-state index in [1.807, 2.05) is 0 Å². The van der Waals surface area contributed by atoms with Gasteiger partial charge in [-0.2, -0.15) is 0 Å². The number of phenolic OH excluding ortho intramolecular Hbond substituents is 1. The van der Waals surface area contributed by atoms with Gasteiger partial charge >= 0.3 is 5.97 Å². The highest BCUT2D eigenvalue weighted by Gasteiger charge is 2.17. The zero-order valence-corrected chi connectivity index (χ0v) is 11.0. The molecule has 1 aromatic rings. The molecule has 0 saturated heterocycles. The van der Waals surface area contributed by atoms with E-state index in [4.69, 9.17) is 26.8 Å². The number of esters is 1. The maximum Gasteiger partial charge on any atom is 0.323 e. The van der Waals surface area contributed by atoms with Gasteiger partial charge in [0.05, 0.1) is 18.7 Å². The summed E-state index contributed by atoms with van der Waals surface area (Å²) in [5.74, 6) is -0.359. The van der Waals surface area contributed by atoms with Crippen molar-refractivity contribution in [3.8, 4) is 11.5 Å². The predicted molar refractivity (Wildman–Crippen MR) is 68.0 cm³/mol. The molecule has 0 aliphatic rings. The summed E-state index contributed by atoms with van der Waals surface area (Å²) in [7, 11) is 1.42. The molecule has 0 amide bonds. The molecule has 0 saturated carbocycles. The highest BCUT2D eigenvalue weighted by Crippen LogP contribution is 2.35. The number of ether oxygens (including phenoxy) is 2. The smallest absolute Gasteiger partial charge is 0.323 e. The van der Waals surface area contributed by atoms with Crippen LogP contribution in [0.2, 0.25) is 5.02 Å². The second-order valence-corrected chi connectivity index (χ2v) is 4.10. The number of methoxy groups -OCH3 is 1. The van der Waals surface area contributed by atoms with Gasteiger partial charge in [-0.05, 0) is 31.0 Å². The number of aromatic hydroxyl groups is 1. The molecule has 0 heterocycles. The van der Waals surface area contributed by atoms with E-state index >= 15 is 0 Å². The van der Waals surface area contributed by atoms with E-state index in [0.29, 0.717) is 5.56 Å². The van der Waals surface area contributed by atoms with Gasteiger partial charge in [0.25, 0.3) is 0 Å². The van der Waals surface area contributed by atoms with Crippen molar-refractivity contribution in [2.75, 3.05) is 13.7 Å². The summed E-state index contributed by atoms with van der Waals surface area (Å²) in [6, 6.07) is 2.36. The fraction of sp³-hybridized carbons (Fsp3) is 0.417. The Morgan fingerprint density at radius 3 is 2.78 bits per heavy atom. The number of carbonyl (C=O) groups excluding carboxylic acids is 1. The highest BCUT2D eigenvalue weighted by atomic mass is 35.5. The van der Waals surface area contributed by atoms with E-state index in [0.717, 1.165) is 0 Å². The summed E-state index contributed by atoms with van der Waals surface area (Å²) < 4.78 is 9.77. The largest absolute Gasteiger partial charge is 0.503 e. The topological polar surface area (TPSA) is 81.8 Å². The van der Waals surface area contributed by atoms with Crippen LogP contribution in [-0.2, 0) is 16.0 Å². The van der Waals surface area contributed by atoms with Gasteiger partial charge in [0.2, 0.25) is 0 Å². The second kappa shape index (κ2) is 6.47. The first-order chi connectivity index (χ1) is 8.49. The molecule has 1 rings (SSSR count). The van der Waals surface area contributed by atoms with Crippen LogP contribution >= 0.6 is 11.6 Å². The zero-order chi connectivity index (χ0) is 13.7. The van der Waals surface area contributed by atoms with Crippen LogP contribution in [0.5, 0.6) is 11.5 Å². The van der Waals surface area contributed by atoms with E-state index in [2.05, 4.69) is 0 Å². The first kappa shape index (κ1) is 14.6. The van der Waals surface area contributed by atoms with Crippen LogP contribution in [0.25, 0.3) is 0 Å². The Morgan fingerprint density at radius 1 is 1.56 bits per heavy atom. The molecule has 0 aliphatic carbocycles. The van der Waals surface area contributed by atoms with Gasteiger partial charge in [-0.1, -0.05) is 11.6 Å². The second-order valence-electron chi connectivity index (χ2n) is 3.69. The third kappa shape index (κ3) is 3.51. The Kier molecular flexibility index (Phi) is 5.25. The average Bonchev–Trinajstić information content (AvgIpc) is 2.33. The van der Waals surface area contributed by atoms with E-state index in [1.165, 1.54) is 7.11 Å². The summed E-state index contributed by atoms with van der Waals surface area (Å²) in [4.78, 5) is 11.4. The molecule has 0 spiro atoms. The van der Waals surface area contributed by atoms with Crippen molar-refractivity contribution < 1.29 is 19.4 Å². The lowest BCUT2D eigenvalue weighted by atomic mass is 10.1. The minimum Gasteiger partial charge on any atom is -0.503 e. The minimum absolute atomic E-state index is 0.132. The third-order valence-corrected chi connectivity index (χ3v) is 2.64. The molecule has 0 radical (unpaired) electrons. The number of phenols is 1. The molecule has 0 aromatic heterocycles. The molecule has 3 N–H and O–H groups in total. The van der Waals surface area contributed by atoms with Gasteiger partial charge in [0, 0.05) is 0 Å². The lowest BCUT2D eigenvalue weighted by Crippen LogP contribution is -2.34. The van der Waals surface area contributed by atoms with Gasteiger partial charge in [-0.15, -0.1) is 0 Å². The first-order valence-electron chi connectivity index (χ1n) is 5.47. The average molecular weight is 274 g/mol. The SMILES string of the molecule is CCOC(=O)C(N)Cc1cc(Cl)c(O)c(OC)c1. The summed E-state index contributed by atoms with van der Waals surface area (Å²) in [5, 5.41) is 9.72. The van der Waals surface area contributed by atoms with Crippen LogP contribution in [0.4, 0.5) is 0 Å². The Bertz CT molecular complexity index is 436. The van der Waals surface area contributed by atoms with Crippen LogP contribution in [0.1, 0.15) is 12.5 Å². The van der Waals surface area contributed by atoms with Crippen molar-refractivity contribution in [2.45, 2.75) is 19.4 Å². The Hall–Kier alpha value is -1.46. The molecule has 1 aromatic carbocycles. The maximum atomic E-state index is 11.4. The van der Waals surface area contributed by atoms with Gasteiger partial charge in [0.1, 0.15) is 6.04 Å². The Balaban J connectivity index is 2.85. The molecule has 1 atom stereocenters. The van der Waals surface area contributed by atoms with Crippen molar-refractivity contribution in [2.24, 2.45) is 5.73 Å². The lowest BCUT2D eigenvalue weighted by molar-refractivity contribution is -0.144. The van der Waals surface area contributed by atoms with Crippen molar-refractivity contribution in [3.05, 3.63) is 22.7 Å². The number of hydrogen-bond acceptors (Lipinski definition) is 5. The fourth-order valence-electron chi connectivity index (χ4n) is 1.49. The molecule has 100 valence electrons. The standard InChI is InChI=1S/C12H16ClNO4/c1-3-18-12(16)9(14)5-7-4-8(13)11(15)10(6-7)17-2/h4,6,9,15H,3,5,14H2,1-2H3. The minimum atomic E-state index is -0.768. The summed E-state index contributed by atoms with van der Waals surface area (Å²) >= 11 is 5.83. The zero-order valence-electron chi connectivity index (χ0n) is 10.3. The summed E-state index contributed by atoms with van der Waals surface area (Å²) in [6.07, 6.45) is 0.259. The van der Waals surface area contributed by atoms with E-state index in [-0.39, 0.29) is 29.5 Å². The Morgan fingerprint density at radius 2 is 2.22 bits per heavy atom. The van der Waals surface area contributed by atoms with E-state index in [1.54, 1.807) is 19.1 Å². The highest BCUT2D eigenvalue weighted by molar-refractivity contribution is 6.32. The molecule has 0 fully saturated rings. The molecular weight excluding hydrogens is 258 g/mol. The number of benzene rings is 1. The monoisotopic (exact) mass is 273 g/mol. The quantitative estimate of drug-likeness (QED) is 0.794. The van der Waals surface area contributed by atoms with E-state index in [9.17, 15) is 9.90 Å². The van der Waals surface area contributed by atoms with Crippen LogP contribution in [0, 0.1) is 0 Å². The molecule has 0 aliphatic heterocycles. The molecule has 0 bridgehead atoms. The van der Waals surface area contributed by atoms with Crippen LogP contribution < -0.4 is 10.5 Å². The van der Waals surface area contributed by atoms with Crippen LogP contribution in [-0.4, -0.2) is 30.8 Å². The first-order valence-corrected chi connectivity index (χ1v) is 5.85.